The number of furan rings is 1. The highest BCUT2D eigenvalue weighted by molar-refractivity contribution is 9.11. The van der Waals surface area contributed by atoms with E-state index in [0.29, 0.717) is 6.04 Å². The highest BCUT2D eigenvalue weighted by Gasteiger charge is 2.09. The third kappa shape index (κ3) is 4.11. The van der Waals surface area contributed by atoms with Crippen LogP contribution in [-0.2, 0) is 13.0 Å². The summed E-state index contributed by atoms with van der Waals surface area (Å²) in [5.41, 5.74) is 1.19. The fourth-order valence-corrected chi connectivity index (χ4v) is 3.61. The van der Waals surface area contributed by atoms with E-state index in [1.165, 1.54) is 5.56 Å². The Balaban J connectivity index is 1.93. The molecule has 0 saturated carbocycles. The quantitative estimate of drug-likeness (QED) is 0.770. The molecule has 0 amide bonds. The minimum Gasteiger partial charge on any atom is -0.494 e. The summed E-state index contributed by atoms with van der Waals surface area (Å²) in [5.74, 6) is 1.82. The zero-order valence-corrected chi connectivity index (χ0v) is 14.6. The molecule has 0 bridgehead atoms. The molecule has 0 aliphatic rings. The number of rotatable bonds is 6. The van der Waals surface area contributed by atoms with E-state index in [1.807, 2.05) is 12.1 Å². The Morgan fingerprint density at radius 3 is 2.55 bits per heavy atom. The number of hydrogen-bond donors (Lipinski definition) is 1. The number of methoxy groups -OCH3 is 1. The zero-order valence-electron chi connectivity index (χ0n) is 11.5. The average Bonchev–Trinajstić information content (AvgIpc) is 2.89. The van der Waals surface area contributed by atoms with Crippen LogP contribution in [0.1, 0.15) is 18.2 Å². The minimum atomic E-state index is 0.348. The third-order valence-corrected chi connectivity index (χ3v) is 4.18. The average molecular weight is 403 g/mol. The largest absolute Gasteiger partial charge is 0.494 e. The molecule has 0 radical (unpaired) electrons. The summed E-state index contributed by atoms with van der Waals surface area (Å²) in [6.45, 7) is 2.94. The van der Waals surface area contributed by atoms with Gasteiger partial charge in [-0.3, -0.25) is 0 Å². The highest BCUT2D eigenvalue weighted by atomic mass is 79.9. The Morgan fingerprint density at radius 2 is 2.00 bits per heavy atom. The van der Waals surface area contributed by atoms with Gasteiger partial charge in [-0.15, -0.1) is 0 Å². The molecule has 1 heterocycles. The molecule has 0 saturated heterocycles. The first-order valence-corrected chi connectivity index (χ1v) is 7.96. The Bertz CT molecular complexity index is 532. The van der Waals surface area contributed by atoms with Crippen molar-refractivity contribution >= 4 is 31.9 Å². The van der Waals surface area contributed by atoms with Gasteiger partial charge in [-0.1, -0.05) is 0 Å². The lowest BCUT2D eigenvalue weighted by molar-refractivity contribution is 0.409. The van der Waals surface area contributed by atoms with E-state index in [9.17, 15) is 0 Å². The van der Waals surface area contributed by atoms with Crippen LogP contribution in [0, 0.1) is 0 Å². The second-order valence-corrected chi connectivity index (χ2v) is 6.37. The summed E-state index contributed by atoms with van der Waals surface area (Å²) in [6, 6.07) is 8.39. The molecule has 3 nitrogen and oxygen atoms in total. The molecule has 0 aliphatic carbocycles. The van der Waals surface area contributed by atoms with E-state index in [1.54, 1.807) is 13.4 Å². The SMILES string of the molecule is COc1c(Br)cc(CNC(C)Cc2ccco2)cc1Br. The maximum Gasteiger partial charge on any atom is 0.147 e. The van der Waals surface area contributed by atoms with Crippen molar-refractivity contribution in [1.29, 1.82) is 0 Å². The zero-order chi connectivity index (χ0) is 14.5. The Kier molecular flexibility index (Phi) is 5.69. The summed E-state index contributed by atoms with van der Waals surface area (Å²) in [7, 11) is 1.66. The summed E-state index contributed by atoms with van der Waals surface area (Å²) >= 11 is 7.03. The molecular formula is C15H17Br2NO2. The molecule has 0 spiro atoms. The Labute approximate surface area is 136 Å². The van der Waals surface area contributed by atoms with Gasteiger partial charge in [0.15, 0.2) is 0 Å². The predicted octanol–water partition coefficient (Wildman–Crippen LogP) is 4.53. The first kappa shape index (κ1) is 15.6. The first-order chi connectivity index (χ1) is 9.60. The van der Waals surface area contributed by atoms with Crippen molar-refractivity contribution in [3.05, 3.63) is 50.8 Å². The number of halogens is 2. The van der Waals surface area contributed by atoms with Crippen LogP contribution in [0.4, 0.5) is 0 Å². The topological polar surface area (TPSA) is 34.4 Å². The van der Waals surface area contributed by atoms with Gasteiger partial charge in [0.05, 0.1) is 22.3 Å². The molecule has 2 rings (SSSR count). The molecule has 1 N–H and O–H groups in total. The Hall–Kier alpha value is -0.780. The van der Waals surface area contributed by atoms with Crippen molar-refractivity contribution in [2.45, 2.75) is 25.9 Å². The van der Waals surface area contributed by atoms with Crippen molar-refractivity contribution in [2.75, 3.05) is 7.11 Å². The van der Waals surface area contributed by atoms with Gasteiger partial charge in [-0.2, -0.15) is 0 Å². The van der Waals surface area contributed by atoms with Gasteiger partial charge in [0.1, 0.15) is 11.5 Å². The summed E-state index contributed by atoms with van der Waals surface area (Å²) < 4.78 is 12.6. The van der Waals surface area contributed by atoms with Gasteiger partial charge in [0.25, 0.3) is 0 Å². The van der Waals surface area contributed by atoms with Gasteiger partial charge in [-0.05, 0) is 68.6 Å². The van der Waals surface area contributed by atoms with Crippen LogP contribution in [0.5, 0.6) is 5.75 Å². The van der Waals surface area contributed by atoms with E-state index in [0.717, 1.165) is 33.4 Å². The van der Waals surface area contributed by atoms with E-state index < -0.39 is 0 Å². The normalized spacial score (nSPS) is 12.4. The van der Waals surface area contributed by atoms with Gasteiger partial charge in [0.2, 0.25) is 0 Å². The van der Waals surface area contributed by atoms with Crippen LogP contribution in [-0.4, -0.2) is 13.2 Å². The standard InChI is InChI=1S/C15H17Br2NO2/c1-10(6-12-4-3-5-20-12)18-9-11-7-13(16)15(19-2)14(17)8-11/h3-5,7-8,10,18H,6,9H2,1-2H3. The van der Waals surface area contributed by atoms with Gasteiger partial charge in [0, 0.05) is 19.0 Å². The van der Waals surface area contributed by atoms with Crippen molar-refractivity contribution in [1.82, 2.24) is 5.32 Å². The van der Waals surface area contributed by atoms with Gasteiger partial charge >= 0.3 is 0 Å². The minimum absolute atomic E-state index is 0.348. The lowest BCUT2D eigenvalue weighted by Crippen LogP contribution is -2.27. The van der Waals surface area contributed by atoms with Crippen LogP contribution in [0.2, 0.25) is 0 Å². The number of benzene rings is 1. The molecular weight excluding hydrogens is 386 g/mol. The molecule has 2 aromatic rings. The molecule has 1 atom stereocenters. The first-order valence-electron chi connectivity index (χ1n) is 6.38. The van der Waals surface area contributed by atoms with Gasteiger partial charge < -0.3 is 14.5 Å². The summed E-state index contributed by atoms with van der Waals surface area (Å²) in [6.07, 6.45) is 2.59. The van der Waals surface area contributed by atoms with Crippen LogP contribution in [0.15, 0.2) is 43.9 Å². The third-order valence-electron chi connectivity index (χ3n) is 3.00. The summed E-state index contributed by atoms with van der Waals surface area (Å²) in [5, 5.41) is 3.49. The summed E-state index contributed by atoms with van der Waals surface area (Å²) in [4.78, 5) is 0. The van der Waals surface area contributed by atoms with E-state index in [4.69, 9.17) is 9.15 Å². The van der Waals surface area contributed by atoms with Crippen molar-refractivity contribution in [2.24, 2.45) is 0 Å². The number of ether oxygens (including phenoxy) is 1. The fraction of sp³-hybridized carbons (Fsp3) is 0.333. The van der Waals surface area contributed by atoms with E-state index in [-0.39, 0.29) is 0 Å². The van der Waals surface area contributed by atoms with Crippen LogP contribution in [0.25, 0.3) is 0 Å². The smallest absolute Gasteiger partial charge is 0.147 e. The Morgan fingerprint density at radius 1 is 1.30 bits per heavy atom. The fourth-order valence-electron chi connectivity index (χ4n) is 2.00. The molecule has 1 aromatic heterocycles. The molecule has 108 valence electrons. The molecule has 0 aliphatic heterocycles. The molecule has 0 fully saturated rings. The maximum absolute atomic E-state index is 5.35. The van der Waals surface area contributed by atoms with Gasteiger partial charge in [-0.25, -0.2) is 0 Å². The molecule has 5 heteroatoms. The maximum atomic E-state index is 5.35. The van der Waals surface area contributed by atoms with Crippen molar-refractivity contribution in [3.63, 3.8) is 0 Å². The molecule has 1 aromatic carbocycles. The predicted molar refractivity (Wildman–Crippen MR) is 87.1 cm³/mol. The lowest BCUT2D eigenvalue weighted by atomic mass is 10.1. The highest BCUT2D eigenvalue weighted by Crippen LogP contribution is 2.34. The monoisotopic (exact) mass is 401 g/mol. The second-order valence-electron chi connectivity index (χ2n) is 4.66. The van der Waals surface area contributed by atoms with E-state index >= 15 is 0 Å². The van der Waals surface area contributed by atoms with Crippen LogP contribution < -0.4 is 10.1 Å². The lowest BCUT2D eigenvalue weighted by Gasteiger charge is -2.14. The number of nitrogens with one attached hydrogen (secondary N) is 1. The van der Waals surface area contributed by atoms with Crippen LogP contribution >= 0.6 is 31.9 Å². The van der Waals surface area contributed by atoms with Crippen molar-refractivity contribution in [3.8, 4) is 5.75 Å². The molecule has 20 heavy (non-hydrogen) atoms. The molecule has 1 unspecified atom stereocenters. The number of hydrogen-bond acceptors (Lipinski definition) is 3. The van der Waals surface area contributed by atoms with E-state index in [2.05, 4.69) is 56.2 Å². The second kappa shape index (κ2) is 7.29. The van der Waals surface area contributed by atoms with Crippen molar-refractivity contribution < 1.29 is 9.15 Å². The van der Waals surface area contributed by atoms with Crippen LogP contribution in [0.3, 0.4) is 0 Å².